The number of benzene rings is 1. The summed E-state index contributed by atoms with van der Waals surface area (Å²) in [6.45, 7) is 0.174. The maximum atomic E-state index is 14.0. The Hall–Kier alpha value is -0.690. The fourth-order valence-electron chi connectivity index (χ4n) is 2.67. The van der Waals surface area contributed by atoms with Crippen molar-refractivity contribution in [2.24, 2.45) is 5.73 Å². The Morgan fingerprint density at radius 1 is 1.55 bits per heavy atom. The van der Waals surface area contributed by atoms with Gasteiger partial charge in [-0.05, 0) is 25.6 Å². The summed E-state index contributed by atoms with van der Waals surface area (Å²) in [5.41, 5.74) is 6.10. The number of sulfone groups is 1. The molecule has 0 bridgehead atoms. The molecule has 1 aliphatic heterocycles. The smallest absolute Gasteiger partial charge is 0.151 e. The van der Waals surface area contributed by atoms with E-state index in [1.54, 1.807) is 13.1 Å². The molecule has 0 aromatic heterocycles. The summed E-state index contributed by atoms with van der Waals surface area (Å²) in [5.74, 6) is -0.156. The molecule has 1 fully saturated rings. The van der Waals surface area contributed by atoms with E-state index < -0.39 is 21.7 Å². The van der Waals surface area contributed by atoms with Gasteiger partial charge < -0.3 is 5.73 Å². The van der Waals surface area contributed by atoms with E-state index in [4.69, 9.17) is 17.3 Å². The standard InChI is InChI=1S/C13H18ClFN2O2S/c1-17(9-5-6-20(18,19)8-9)12(7-16)13-10(14)3-2-4-11(13)15/h2-4,9,12H,5-8,16H2,1H3. The highest BCUT2D eigenvalue weighted by atomic mass is 35.5. The highest BCUT2D eigenvalue weighted by Gasteiger charge is 2.34. The monoisotopic (exact) mass is 320 g/mol. The van der Waals surface area contributed by atoms with Crippen molar-refractivity contribution in [1.29, 1.82) is 0 Å². The second kappa shape index (κ2) is 5.97. The summed E-state index contributed by atoms with van der Waals surface area (Å²) in [5, 5.41) is 0.313. The van der Waals surface area contributed by atoms with E-state index in [-0.39, 0.29) is 24.1 Å². The Morgan fingerprint density at radius 3 is 2.75 bits per heavy atom. The van der Waals surface area contributed by atoms with Gasteiger partial charge in [-0.15, -0.1) is 0 Å². The van der Waals surface area contributed by atoms with Crippen molar-refractivity contribution in [3.63, 3.8) is 0 Å². The van der Waals surface area contributed by atoms with Crippen LogP contribution >= 0.6 is 11.6 Å². The van der Waals surface area contributed by atoms with Crippen LogP contribution in [0.1, 0.15) is 18.0 Å². The second-order valence-electron chi connectivity index (χ2n) is 5.11. The van der Waals surface area contributed by atoms with E-state index >= 15 is 0 Å². The van der Waals surface area contributed by atoms with Gasteiger partial charge in [0, 0.05) is 23.2 Å². The molecule has 7 heteroatoms. The van der Waals surface area contributed by atoms with Crippen LogP contribution in [0.2, 0.25) is 5.02 Å². The normalized spacial score (nSPS) is 23.1. The molecule has 2 rings (SSSR count). The SMILES string of the molecule is CN(C1CCS(=O)(=O)C1)C(CN)c1c(F)cccc1Cl. The van der Waals surface area contributed by atoms with E-state index in [1.165, 1.54) is 12.1 Å². The molecule has 1 aromatic rings. The van der Waals surface area contributed by atoms with Crippen LogP contribution in [-0.2, 0) is 9.84 Å². The van der Waals surface area contributed by atoms with Crippen molar-refractivity contribution in [1.82, 2.24) is 4.90 Å². The molecule has 112 valence electrons. The summed E-state index contributed by atoms with van der Waals surface area (Å²) in [6, 6.07) is 3.91. The largest absolute Gasteiger partial charge is 0.329 e. The van der Waals surface area contributed by atoms with Crippen molar-refractivity contribution in [2.75, 3.05) is 25.1 Å². The lowest BCUT2D eigenvalue weighted by Crippen LogP contribution is -2.39. The van der Waals surface area contributed by atoms with Crippen LogP contribution in [0.3, 0.4) is 0 Å². The van der Waals surface area contributed by atoms with Gasteiger partial charge in [-0.25, -0.2) is 12.8 Å². The molecule has 1 aromatic carbocycles. The highest BCUT2D eigenvalue weighted by molar-refractivity contribution is 7.91. The van der Waals surface area contributed by atoms with Crippen molar-refractivity contribution < 1.29 is 12.8 Å². The van der Waals surface area contributed by atoms with Gasteiger partial charge in [-0.2, -0.15) is 0 Å². The number of rotatable bonds is 4. The van der Waals surface area contributed by atoms with Gasteiger partial charge in [-0.1, -0.05) is 17.7 Å². The molecule has 1 saturated heterocycles. The summed E-state index contributed by atoms with van der Waals surface area (Å²) < 4.78 is 37.1. The van der Waals surface area contributed by atoms with Crippen molar-refractivity contribution in [3.8, 4) is 0 Å². The molecule has 0 aliphatic carbocycles. The predicted molar refractivity (Wildman–Crippen MR) is 78.0 cm³/mol. The number of hydrogen-bond acceptors (Lipinski definition) is 4. The summed E-state index contributed by atoms with van der Waals surface area (Å²) in [7, 11) is -1.22. The zero-order valence-corrected chi connectivity index (χ0v) is 12.8. The van der Waals surface area contributed by atoms with Crippen LogP contribution < -0.4 is 5.73 Å². The zero-order chi connectivity index (χ0) is 14.9. The molecule has 0 amide bonds. The van der Waals surface area contributed by atoms with Crippen LogP contribution in [0.25, 0.3) is 0 Å². The van der Waals surface area contributed by atoms with Gasteiger partial charge in [-0.3, -0.25) is 4.90 Å². The molecule has 0 saturated carbocycles. The topological polar surface area (TPSA) is 63.4 Å². The van der Waals surface area contributed by atoms with Crippen LogP contribution in [0.5, 0.6) is 0 Å². The molecule has 2 atom stereocenters. The van der Waals surface area contributed by atoms with Gasteiger partial charge >= 0.3 is 0 Å². The first-order valence-electron chi connectivity index (χ1n) is 6.42. The second-order valence-corrected chi connectivity index (χ2v) is 7.75. The molecule has 2 N–H and O–H groups in total. The maximum absolute atomic E-state index is 14.0. The van der Waals surface area contributed by atoms with E-state index in [2.05, 4.69) is 0 Å². The van der Waals surface area contributed by atoms with E-state index in [9.17, 15) is 12.8 Å². The van der Waals surface area contributed by atoms with Gasteiger partial charge in [0.25, 0.3) is 0 Å². The van der Waals surface area contributed by atoms with Crippen molar-refractivity contribution >= 4 is 21.4 Å². The summed E-state index contributed by atoms with van der Waals surface area (Å²) in [4.78, 5) is 1.83. The average Bonchev–Trinajstić information content (AvgIpc) is 2.74. The first-order chi connectivity index (χ1) is 9.35. The van der Waals surface area contributed by atoms with Crippen LogP contribution in [-0.4, -0.2) is 44.5 Å². The Labute approximate surface area is 123 Å². The third-order valence-electron chi connectivity index (χ3n) is 3.83. The number of likely N-dealkylation sites (N-methyl/N-ethyl adjacent to an activating group) is 1. The minimum absolute atomic E-state index is 0.0894. The third kappa shape index (κ3) is 3.14. The number of nitrogens with zero attached hydrogens (tertiary/aromatic N) is 1. The molecule has 20 heavy (non-hydrogen) atoms. The Bertz CT molecular complexity index is 574. The molecular formula is C13H18ClFN2O2S. The first-order valence-corrected chi connectivity index (χ1v) is 8.62. The van der Waals surface area contributed by atoms with Crippen LogP contribution in [0.15, 0.2) is 18.2 Å². The lowest BCUT2D eigenvalue weighted by Gasteiger charge is -2.32. The molecule has 0 spiro atoms. The molecule has 2 unspecified atom stereocenters. The molecular weight excluding hydrogens is 303 g/mol. The van der Waals surface area contributed by atoms with E-state index in [0.29, 0.717) is 17.0 Å². The number of halogens is 2. The predicted octanol–water partition coefficient (Wildman–Crippen LogP) is 1.60. The Balaban J connectivity index is 2.29. The number of hydrogen-bond donors (Lipinski definition) is 1. The minimum atomic E-state index is -2.99. The Kier molecular flexibility index (Phi) is 4.69. The first kappa shape index (κ1) is 15.7. The fraction of sp³-hybridized carbons (Fsp3) is 0.538. The third-order valence-corrected chi connectivity index (χ3v) is 5.91. The van der Waals surface area contributed by atoms with E-state index in [1.807, 2.05) is 4.90 Å². The van der Waals surface area contributed by atoms with Gasteiger partial charge in [0.15, 0.2) is 9.84 Å². The van der Waals surface area contributed by atoms with Crippen LogP contribution in [0, 0.1) is 5.82 Å². The molecule has 1 aliphatic rings. The van der Waals surface area contributed by atoms with Crippen LogP contribution in [0.4, 0.5) is 4.39 Å². The lowest BCUT2D eigenvalue weighted by molar-refractivity contribution is 0.189. The highest BCUT2D eigenvalue weighted by Crippen LogP contribution is 2.32. The number of nitrogens with two attached hydrogens (primary N) is 1. The van der Waals surface area contributed by atoms with Gasteiger partial charge in [0.05, 0.1) is 17.5 Å². The Morgan fingerprint density at radius 2 is 2.25 bits per heavy atom. The molecule has 0 radical (unpaired) electrons. The van der Waals surface area contributed by atoms with Crippen molar-refractivity contribution in [3.05, 3.63) is 34.6 Å². The maximum Gasteiger partial charge on any atom is 0.151 e. The van der Waals surface area contributed by atoms with Gasteiger partial charge in [0.1, 0.15) is 5.82 Å². The molecule has 4 nitrogen and oxygen atoms in total. The van der Waals surface area contributed by atoms with Crippen molar-refractivity contribution in [2.45, 2.75) is 18.5 Å². The van der Waals surface area contributed by atoms with E-state index in [0.717, 1.165) is 0 Å². The zero-order valence-electron chi connectivity index (χ0n) is 11.2. The summed E-state index contributed by atoms with van der Waals surface area (Å²) in [6.07, 6.45) is 0.543. The lowest BCUT2D eigenvalue weighted by atomic mass is 10.0. The fourth-order valence-corrected chi connectivity index (χ4v) is 4.74. The quantitative estimate of drug-likeness (QED) is 0.915. The minimum Gasteiger partial charge on any atom is -0.329 e. The van der Waals surface area contributed by atoms with Gasteiger partial charge in [0.2, 0.25) is 0 Å². The average molecular weight is 321 g/mol. The molecule has 1 heterocycles. The summed E-state index contributed by atoms with van der Waals surface area (Å²) >= 11 is 6.07.